The number of hydrogen-bond donors (Lipinski definition) is 1. The Kier molecular flexibility index (Phi) is 3.85. The van der Waals surface area contributed by atoms with Crippen LogP contribution in [0, 0.1) is 3.57 Å². The number of benzene rings is 2. The normalized spacial score (nSPS) is 18.4. The lowest BCUT2D eigenvalue weighted by Gasteiger charge is -2.17. The van der Waals surface area contributed by atoms with Gasteiger partial charge in [0.05, 0.1) is 0 Å². The number of carbonyl (C=O) groups is 1. The molecular weight excluding hydrogens is 399 g/mol. The molecule has 0 spiro atoms. The van der Waals surface area contributed by atoms with Crippen LogP contribution < -0.4 is 10.2 Å². The molecular formula is C19H17IN2O. The molecule has 2 aliphatic rings. The molecule has 2 aliphatic heterocycles. The number of nitrogens with zero attached hydrogens (tertiary/aromatic N) is 1. The number of carbonyl (C=O) groups excluding carboxylic acids is 1. The molecule has 3 nitrogen and oxygen atoms in total. The zero-order valence-electron chi connectivity index (χ0n) is 12.7. The van der Waals surface area contributed by atoms with E-state index >= 15 is 0 Å². The molecule has 1 amide bonds. The Bertz CT molecular complexity index is 790. The summed E-state index contributed by atoms with van der Waals surface area (Å²) in [6.07, 6.45) is 4.54. The van der Waals surface area contributed by atoms with Crippen LogP contribution in [0.5, 0.6) is 0 Å². The summed E-state index contributed by atoms with van der Waals surface area (Å²) >= 11 is 2.28. The quantitative estimate of drug-likeness (QED) is 0.582. The van der Waals surface area contributed by atoms with Gasteiger partial charge in [-0.2, -0.15) is 0 Å². The van der Waals surface area contributed by atoms with Crippen molar-refractivity contribution in [3.8, 4) is 0 Å². The highest BCUT2D eigenvalue weighted by Crippen LogP contribution is 2.34. The zero-order valence-corrected chi connectivity index (χ0v) is 14.8. The third-order valence-electron chi connectivity index (χ3n) is 4.44. The van der Waals surface area contributed by atoms with E-state index in [1.54, 1.807) is 0 Å². The van der Waals surface area contributed by atoms with E-state index in [-0.39, 0.29) is 5.91 Å². The maximum atomic E-state index is 12.2. The lowest BCUT2D eigenvalue weighted by Crippen LogP contribution is -2.17. The molecule has 0 aromatic heterocycles. The van der Waals surface area contributed by atoms with E-state index in [1.165, 1.54) is 18.5 Å². The second-order valence-corrected chi connectivity index (χ2v) is 7.23. The molecule has 4 heteroatoms. The predicted octanol–water partition coefficient (Wildman–Crippen LogP) is 4.38. The smallest absolute Gasteiger partial charge is 0.256 e. The first-order chi connectivity index (χ1) is 11.2. The van der Waals surface area contributed by atoms with Crippen molar-refractivity contribution >= 4 is 51.5 Å². The Morgan fingerprint density at radius 1 is 1.04 bits per heavy atom. The molecule has 1 N–H and O–H groups in total. The number of amides is 1. The van der Waals surface area contributed by atoms with Crippen LogP contribution in [0.1, 0.15) is 24.0 Å². The van der Waals surface area contributed by atoms with Crippen LogP contribution in [-0.4, -0.2) is 19.0 Å². The second-order valence-electron chi connectivity index (χ2n) is 5.99. The highest BCUT2D eigenvalue weighted by molar-refractivity contribution is 14.1. The lowest BCUT2D eigenvalue weighted by molar-refractivity contribution is -0.110. The highest BCUT2D eigenvalue weighted by atomic mass is 127. The molecule has 0 aliphatic carbocycles. The molecule has 2 heterocycles. The summed E-state index contributed by atoms with van der Waals surface area (Å²) in [5, 5.41) is 2.93. The minimum atomic E-state index is -0.0226. The van der Waals surface area contributed by atoms with E-state index in [2.05, 4.69) is 63.1 Å². The van der Waals surface area contributed by atoms with Gasteiger partial charge in [-0.15, -0.1) is 0 Å². The van der Waals surface area contributed by atoms with Gasteiger partial charge in [0.2, 0.25) is 0 Å². The van der Waals surface area contributed by atoms with Crippen molar-refractivity contribution in [2.45, 2.75) is 12.8 Å². The second kappa shape index (κ2) is 6.00. The average Bonchev–Trinajstić information content (AvgIpc) is 3.18. The molecule has 2 aromatic carbocycles. The van der Waals surface area contributed by atoms with Gasteiger partial charge in [-0.05, 0) is 77.4 Å². The third-order valence-corrected chi connectivity index (χ3v) is 5.11. The topological polar surface area (TPSA) is 32.3 Å². The van der Waals surface area contributed by atoms with Crippen molar-refractivity contribution < 1.29 is 4.79 Å². The van der Waals surface area contributed by atoms with Gasteiger partial charge in [0.25, 0.3) is 5.91 Å². The SMILES string of the molecule is O=C1Nc2ccc(I)cc2C1=Cc1ccc(N2CCCC2)cc1. The molecule has 0 bridgehead atoms. The third kappa shape index (κ3) is 2.87. The summed E-state index contributed by atoms with van der Waals surface area (Å²) < 4.78 is 1.13. The first-order valence-electron chi connectivity index (χ1n) is 7.89. The zero-order chi connectivity index (χ0) is 15.8. The maximum absolute atomic E-state index is 12.2. The van der Waals surface area contributed by atoms with E-state index < -0.39 is 0 Å². The van der Waals surface area contributed by atoms with Crippen LogP contribution in [-0.2, 0) is 4.79 Å². The van der Waals surface area contributed by atoms with Crippen molar-refractivity contribution in [2.24, 2.45) is 0 Å². The van der Waals surface area contributed by atoms with Crippen LogP contribution in [0.2, 0.25) is 0 Å². The molecule has 1 saturated heterocycles. The maximum Gasteiger partial charge on any atom is 0.256 e. The van der Waals surface area contributed by atoms with E-state index in [4.69, 9.17) is 0 Å². The van der Waals surface area contributed by atoms with Gasteiger partial charge in [0.1, 0.15) is 0 Å². The number of nitrogens with one attached hydrogen (secondary N) is 1. The van der Waals surface area contributed by atoms with Gasteiger partial charge in [-0.25, -0.2) is 0 Å². The Labute approximate surface area is 149 Å². The summed E-state index contributed by atoms with van der Waals surface area (Å²) in [5.41, 5.74) is 4.97. The average molecular weight is 416 g/mol. The summed E-state index contributed by atoms with van der Waals surface area (Å²) in [7, 11) is 0. The van der Waals surface area contributed by atoms with Gasteiger partial charge in [-0.3, -0.25) is 4.79 Å². The molecule has 23 heavy (non-hydrogen) atoms. The van der Waals surface area contributed by atoms with Crippen LogP contribution in [0.4, 0.5) is 11.4 Å². The standard InChI is InChI=1S/C19H17IN2O/c20-14-5-8-18-16(12-14)17(19(23)21-18)11-13-3-6-15(7-4-13)22-9-1-2-10-22/h3-8,11-12H,1-2,9-10H2,(H,21,23). The monoisotopic (exact) mass is 416 g/mol. The molecule has 0 unspecified atom stereocenters. The highest BCUT2D eigenvalue weighted by Gasteiger charge is 2.24. The van der Waals surface area contributed by atoms with E-state index in [0.717, 1.165) is 39.0 Å². The first-order valence-corrected chi connectivity index (χ1v) is 8.96. The molecule has 4 rings (SSSR count). The van der Waals surface area contributed by atoms with Gasteiger partial charge >= 0.3 is 0 Å². The van der Waals surface area contributed by atoms with Crippen LogP contribution in [0.3, 0.4) is 0 Å². The van der Waals surface area contributed by atoms with Crippen molar-refractivity contribution in [1.82, 2.24) is 0 Å². The molecule has 2 aromatic rings. The lowest BCUT2D eigenvalue weighted by atomic mass is 10.0. The van der Waals surface area contributed by atoms with E-state index in [0.29, 0.717) is 0 Å². The molecule has 0 saturated carbocycles. The fourth-order valence-corrected chi connectivity index (χ4v) is 3.72. The minimum Gasteiger partial charge on any atom is -0.372 e. The van der Waals surface area contributed by atoms with E-state index in [1.807, 2.05) is 18.2 Å². The Hall–Kier alpha value is -1.82. The van der Waals surface area contributed by atoms with Gasteiger partial charge in [0, 0.05) is 39.2 Å². The molecule has 0 atom stereocenters. The fraction of sp³-hybridized carbons (Fsp3) is 0.211. The van der Waals surface area contributed by atoms with Crippen LogP contribution >= 0.6 is 22.6 Å². The largest absolute Gasteiger partial charge is 0.372 e. The Balaban J connectivity index is 1.65. The van der Waals surface area contributed by atoms with Gasteiger partial charge in [-0.1, -0.05) is 12.1 Å². The number of fused-ring (bicyclic) bond motifs is 1. The van der Waals surface area contributed by atoms with Crippen molar-refractivity contribution in [3.05, 3.63) is 57.2 Å². The fourth-order valence-electron chi connectivity index (χ4n) is 3.23. The molecule has 116 valence electrons. The number of hydrogen-bond acceptors (Lipinski definition) is 2. The van der Waals surface area contributed by atoms with Gasteiger partial charge in [0.15, 0.2) is 0 Å². The summed E-state index contributed by atoms with van der Waals surface area (Å²) in [5.74, 6) is -0.0226. The van der Waals surface area contributed by atoms with Gasteiger partial charge < -0.3 is 10.2 Å². The minimum absolute atomic E-state index is 0.0226. The van der Waals surface area contributed by atoms with Crippen LogP contribution in [0.15, 0.2) is 42.5 Å². The van der Waals surface area contributed by atoms with Crippen molar-refractivity contribution in [3.63, 3.8) is 0 Å². The summed E-state index contributed by atoms with van der Waals surface area (Å²) in [6, 6.07) is 14.5. The number of rotatable bonds is 2. The Morgan fingerprint density at radius 2 is 1.78 bits per heavy atom. The van der Waals surface area contributed by atoms with Crippen molar-refractivity contribution in [2.75, 3.05) is 23.3 Å². The molecule has 1 fully saturated rings. The summed E-state index contributed by atoms with van der Waals surface area (Å²) in [6.45, 7) is 2.29. The summed E-state index contributed by atoms with van der Waals surface area (Å²) in [4.78, 5) is 14.6. The van der Waals surface area contributed by atoms with Crippen LogP contribution in [0.25, 0.3) is 11.6 Å². The predicted molar refractivity (Wildman–Crippen MR) is 104 cm³/mol. The van der Waals surface area contributed by atoms with Crippen molar-refractivity contribution in [1.29, 1.82) is 0 Å². The number of anilines is 2. The van der Waals surface area contributed by atoms with E-state index in [9.17, 15) is 4.79 Å². The first kappa shape index (κ1) is 14.8. The molecule has 0 radical (unpaired) electrons. The number of halogens is 1. The Morgan fingerprint density at radius 3 is 2.52 bits per heavy atom.